The Labute approximate surface area is 684 Å². The lowest BCUT2D eigenvalue weighted by Gasteiger charge is -2.33. The summed E-state index contributed by atoms with van der Waals surface area (Å²) in [5.74, 6) is 3.89. The van der Waals surface area contributed by atoms with Gasteiger partial charge in [-0.1, -0.05) is 48.0 Å². The molecule has 0 aliphatic carbocycles. The summed E-state index contributed by atoms with van der Waals surface area (Å²) in [6, 6.07) is 35.0. The molecule has 34 heteroatoms. The van der Waals surface area contributed by atoms with E-state index in [1.807, 2.05) is 63.5 Å². The van der Waals surface area contributed by atoms with Crippen LogP contribution in [-0.2, 0) is 29.5 Å². The molecule has 5 aliphatic rings. The highest BCUT2D eigenvalue weighted by Crippen LogP contribution is 2.35. The quantitative estimate of drug-likeness (QED) is 0.0847. The molecular formula is C82H105BClN20O10S2. The van der Waals surface area contributed by atoms with Gasteiger partial charge in [0.15, 0.2) is 5.88 Å². The van der Waals surface area contributed by atoms with Crippen molar-refractivity contribution in [2.75, 3.05) is 186 Å². The number of hydrogen-bond donors (Lipinski definition) is 3. The van der Waals surface area contributed by atoms with Crippen molar-refractivity contribution in [1.29, 1.82) is 0 Å². The second-order valence-electron chi connectivity index (χ2n) is 31.1. The zero-order valence-electron chi connectivity index (χ0n) is 67.8. The number of rotatable bonds is 10. The maximum Gasteiger partial charge on any atom is 0.570 e. The normalized spacial score (nSPS) is 16.4. The lowest BCUT2D eigenvalue weighted by Crippen LogP contribution is -2.44. The number of H-pyrrole nitrogens is 1. The van der Waals surface area contributed by atoms with Crippen molar-refractivity contribution in [1.82, 2.24) is 76.8 Å². The third kappa shape index (κ3) is 20.8. The summed E-state index contributed by atoms with van der Waals surface area (Å²) in [6.07, 6.45) is 14.4. The number of anilines is 4. The Morgan fingerprint density at radius 2 is 0.810 bits per heavy atom. The lowest BCUT2D eigenvalue weighted by atomic mass is 10.2. The minimum absolute atomic E-state index is 0.181. The van der Waals surface area contributed by atoms with E-state index < -0.39 is 37.3 Å². The maximum absolute atomic E-state index is 13.0. The predicted molar refractivity (Wildman–Crippen MR) is 459 cm³/mol. The predicted octanol–water partition coefficient (Wildman–Crippen LogP) is 9.84. The van der Waals surface area contributed by atoms with Crippen LogP contribution in [0.25, 0.3) is 54.5 Å². The van der Waals surface area contributed by atoms with Gasteiger partial charge in [0.25, 0.3) is 20.0 Å². The first-order chi connectivity index (χ1) is 55.6. The van der Waals surface area contributed by atoms with Gasteiger partial charge in [0, 0.05) is 220 Å². The number of fused-ring (bicyclic) bond motifs is 5. The van der Waals surface area contributed by atoms with E-state index in [4.69, 9.17) is 30.8 Å². The molecule has 5 fully saturated rings. The highest BCUT2D eigenvalue weighted by molar-refractivity contribution is 7.90. The van der Waals surface area contributed by atoms with Gasteiger partial charge in [-0.15, -0.1) is 0 Å². The molecule has 615 valence electrons. The summed E-state index contributed by atoms with van der Waals surface area (Å²) in [7, 11) is 3.98. The van der Waals surface area contributed by atoms with Gasteiger partial charge >= 0.3 is 19.9 Å². The number of carbonyl (C=O) groups excluding carboxylic acids is 2. The first-order valence-electron chi connectivity index (χ1n) is 38.9. The molecule has 2 aromatic carbocycles. The third-order valence-electron chi connectivity index (χ3n) is 20.3. The average Bonchev–Trinajstić information content (AvgIpc) is 1.63. The Kier molecular flexibility index (Phi) is 27.8. The van der Waals surface area contributed by atoms with Gasteiger partial charge in [-0.05, 0) is 156 Å². The van der Waals surface area contributed by atoms with Gasteiger partial charge in [0.2, 0.25) is 0 Å². The summed E-state index contributed by atoms with van der Waals surface area (Å²) >= 11 is 5.95. The van der Waals surface area contributed by atoms with E-state index in [9.17, 15) is 26.4 Å². The molecule has 30 nitrogen and oxygen atoms in total. The van der Waals surface area contributed by atoms with Gasteiger partial charge in [0.1, 0.15) is 39.6 Å². The van der Waals surface area contributed by atoms with E-state index in [2.05, 4.69) is 121 Å². The number of nitrogens with zero attached hydrogens (tertiary/aromatic N) is 18. The Hall–Kier alpha value is -10.2. The van der Waals surface area contributed by atoms with Crippen LogP contribution in [0, 0.1) is 0 Å². The zero-order chi connectivity index (χ0) is 82.5. The number of aromatic amines is 1. The van der Waals surface area contributed by atoms with Gasteiger partial charge < -0.3 is 73.6 Å². The Morgan fingerprint density at radius 3 is 1.26 bits per heavy atom. The van der Waals surface area contributed by atoms with Crippen LogP contribution in [-0.4, -0.2) is 291 Å². The maximum atomic E-state index is 13.0. The Balaban J connectivity index is 0.000000132. The van der Waals surface area contributed by atoms with Crippen molar-refractivity contribution in [3.63, 3.8) is 0 Å². The monoisotopic (exact) mass is 1640 g/mol. The minimum Gasteiger partial charge on any atom is -0.524 e. The van der Waals surface area contributed by atoms with Gasteiger partial charge in [-0.2, -0.15) is 0 Å². The fourth-order valence-electron chi connectivity index (χ4n) is 13.9. The molecule has 0 unspecified atom stereocenters. The number of hydrogen-bond acceptors (Lipinski definition) is 25. The van der Waals surface area contributed by atoms with Gasteiger partial charge in [-0.3, -0.25) is 4.57 Å². The molecule has 12 aromatic rings. The minimum atomic E-state index is -3.62. The van der Waals surface area contributed by atoms with Crippen molar-refractivity contribution in [3.05, 3.63) is 182 Å². The molecule has 5 saturated heterocycles. The smallest absolute Gasteiger partial charge is 0.524 e. The van der Waals surface area contributed by atoms with Crippen LogP contribution in [0.3, 0.4) is 0 Å². The highest BCUT2D eigenvalue weighted by atomic mass is 35.5. The van der Waals surface area contributed by atoms with Crippen LogP contribution in [0.1, 0.15) is 41.5 Å². The van der Waals surface area contributed by atoms with Crippen molar-refractivity contribution >= 4 is 129 Å². The molecule has 0 bridgehead atoms. The molecule has 5 aliphatic heterocycles. The largest absolute Gasteiger partial charge is 0.570 e. The van der Waals surface area contributed by atoms with Gasteiger partial charge in [0.05, 0.1) is 37.4 Å². The van der Waals surface area contributed by atoms with E-state index in [-0.39, 0.29) is 21.8 Å². The number of benzene rings is 2. The standard InChI is InChI=1S/C18H20N4O2S.C17H24BN4O4.C17H24N4O2.C13H9ClN2O2S.C12H16N4.C5H12N2/c1-20-11-13-21(14-12-20)18-16-8-10-22(17(16)7-9-19-18)25(23,24)15-5-3-2-4-6-15;1-17(2,3)25-16(23)22-13-5-6-19-15(12(13)11-14(22)26-18-24)21-9-7-20(4)8-10-21;1-17(2,3)23-16(22)21-8-6-13-14(21)5-7-18-15(13)20-11-9-19(4)10-12-20;14-13-11-7-9-16(12(11)6-8-15-13)19(17,18)10-4-2-1-3-5-10;1-15-6-8-16(9-7-15)12-10-2-4-13-11(10)3-5-14-12;1-7-4-2-6-3-5-7/h2-10H,11-14H2,1H3;5-6,11,24H,7-10H2,1-4H3;5-8H,9-12H2,1-4H3;1-9H;2-5,13H,6-9H2,1H3;6H,2-5H2,1H3. The lowest BCUT2D eigenvalue weighted by molar-refractivity contribution is 0.0528. The SMILES string of the molecule is CN1CCN(c2nccc3[nH]ccc23)CC1.CN1CCN(c2nccc3c2cc(O[B]O)n3C(=O)OC(C)(C)C)CC1.CN1CCN(c2nccc3c2ccn3C(=O)OC(C)(C)C)CC1.CN1CCN(c2nccc3c2ccn3S(=O)(=O)c2ccccc2)CC1.CN1CCNCC1.O=S(=O)(c1ccccc1)n1ccc2c(Cl)nccc21. The second kappa shape index (κ2) is 37.8. The fraction of sp³-hybridized carbons (Fsp3) is 0.402. The summed E-state index contributed by atoms with van der Waals surface area (Å²) in [5, 5.41) is 17.1. The molecule has 3 N–H and O–H groups in total. The summed E-state index contributed by atoms with van der Waals surface area (Å²) in [4.78, 5) is 71.4. The van der Waals surface area contributed by atoms with E-state index in [1.54, 1.807) is 141 Å². The highest BCUT2D eigenvalue weighted by Gasteiger charge is 2.30. The zero-order valence-corrected chi connectivity index (χ0v) is 70.2. The molecule has 1 radical (unpaired) electrons. The van der Waals surface area contributed by atoms with Crippen molar-refractivity contribution < 1.29 is 45.6 Å². The number of ether oxygens (including phenoxy) is 2. The summed E-state index contributed by atoms with van der Waals surface area (Å²) < 4.78 is 72.5. The number of nitrogens with one attached hydrogen (secondary N) is 2. The van der Waals surface area contributed by atoms with E-state index in [0.717, 1.165) is 163 Å². The molecule has 116 heavy (non-hydrogen) atoms. The first-order valence-corrected chi connectivity index (χ1v) is 42.1. The molecular weight excluding hydrogens is 1540 g/mol. The van der Waals surface area contributed by atoms with Crippen molar-refractivity contribution in [2.45, 2.75) is 62.5 Å². The van der Waals surface area contributed by atoms with E-state index >= 15 is 0 Å². The number of likely N-dealkylation sites (N-methyl/N-ethyl adjacent to an activating group) is 5. The van der Waals surface area contributed by atoms with Gasteiger partial charge in [-0.25, -0.2) is 63.9 Å². The van der Waals surface area contributed by atoms with Crippen LogP contribution >= 0.6 is 11.6 Å². The summed E-state index contributed by atoms with van der Waals surface area (Å²) in [5.41, 5.74) is 2.64. The Morgan fingerprint density at radius 1 is 0.431 bits per heavy atom. The van der Waals surface area contributed by atoms with Crippen LogP contribution in [0.15, 0.2) is 187 Å². The second-order valence-corrected chi connectivity index (χ2v) is 35.1. The molecule has 0 atom stereocenters. The number of halogens is 1. The Bertz CT molecular complexity index is 5510. The number of carbonyl (C=O) groups is 2. The molecule has 0 spiro atoms. The fourth-order valence-corrected chi connectivity index (χ4v) is 16.9. The molecule has 10 aromatic heterocycles. The first kappa shape index (κ1) is 85.2. The average molecular weight is 1640 g/mol. The van der Waals surface area contributed by atoms with Crippen LogP contribution in [0.5, 0.6) is 5.88 Å². The van der Waals surface area contributed by atoms with Crippen molar-refractivity contribution in [3.8, 4) is 5.88 Å². The number of aromatic nitrogens is 10. The third-order valence-corrected chi connectivity index (χ3v) is 24.0. The molecule has 15 heterocycles. The summed E-state index contributed by atoms with van der Waals surface area (Å²) in [6.45, 7) is 31.3. The number of piperazine rings is 5. The topological polar surface area (TPSA) is 291 Å². The van der Waals surface area contributed by atoms with E-state index in [1.165, 1.54) is 48.9 Å². The number of pyridine rings is 5. The van der Waals surface area contributed by atoms with Crippen molar-refractivity contribution in [2.24, 2.45) is 0 Å². The molecule has 0 amide bonds. The molecule has 0 saturated carbocycles. The van der Waals surface area contributed by atoms with Crippen LogP contribution < -0.4 is 29.6 Å². The van der Waals surface area contributed by atoms with Crippen LogP contribution in [0.2, 0.25) is 5.15 Å². The molecule has 17 rings (SSSR count). The van der Waals surface area contributed by atoms with E-state index in [0.29, 0.717) is 34.8 Å². The van der Waals surface area contributed by atoms with Crippen LogP contribution in [0.4, 0.5) is 32.9 Å².